The van der Waals surface area contributed by atoms with Crippen LogP contribution < -0.4 is 5.73 Å². The third-order valence-corrected chi connectivity index (χ3v) is 2.80. The summed E-state index contributed by atoms with van der Waals surface area (Å²) in [5.74, 6) is -1.72. The van der Waals surface area contributed by atoms with Gasteiger partial charge in [-0.2, -0.15) is 0 Å². The molecule has 1 aromatic carbocycles. The number of hydrogen-bond acceptors (Lipinski definition) is 2. The van der Waals surface area contributed by atoms with Gasteiger partial charge in [0.2, 0.25) is 0 Å². The Kier molecular flexibility index (Phi) is 6.50. The van der Waals surface area contributed by atoms with Crippen molar-refractivity contribution in [3.05, 3.63) is 35.4 Å². The summed E-state index contributed by atoms with van der Waals surface area (Å²) in [7, 11) is 0. The minimum Gasteiger partial charge on any atom is -0.330 e. The highest BCUT2D eigenvalue weighted by Gasteiger charge is 2.07. The first-order chi connectivity index (χ1) is 8.63. The van der Waals surface area contributed by atoms with Crippen LogP contribution in [0.2, 0.25) is 0 Å². The van der Waals surface area contributed by atoms with E-state index < -0.39 is 11.6 Å². The zero-order valence-electron chi connectivity index (χ0n) is 10.4. The lowest BCUT2D eigenvalue weighted by atomic mass is 10.0. The molecule has 0 atom stereocenters. The molecule has 0 aliphatic heterocycles. The van der Waals surface area contributed by atoms with Crippen LogP contribution in [0.4, 0.5) is 8.78 Å². The summed E-state index contributed by atoms with van der Waals surface area (Å²) in [6, 6.07) is 3.59. The summed E-state index contributed by atoms with van der Waals surface area (Å²) < 4.78 is 25.6. The minimum absolute atomic E-state index is 0.0637. The van der Waals surface area contributed by atoms with E-state index in [2.05, 4.69) is 0 Å². The topological polar surface area (TPSA) is 43.1 Å². The molecular formula is C14H19F2NO. The van der Waals surface area contributed by atoms with Crippen LogP contribution in [0.1, 0.15) is 37.7 Å². The third kappa shape index (κ3) is 5.36. The van der Waals surface area contributed by atoms with Crippen LogP contribution in [0, 0.1) is 11.6 Å². The molecule has 0 spiro atoms. The van der Waals surface area contributed by atoms with Gasteiger partial charge in [-0.1, -0.05) is 18.9 Å². The Morgan fingerprint density at radius 3 is 2.44 bits per heavy atom. The van der Waals surface area contributed by atoms with Crippen molar-refractivity contribution in [3.8, 4) is 0 Å². The van der Waals surface area contributed by atoms with Gasteiger partial charge in [0.1, 0.15) is 5.78 Å². The van der Waals surface area contributed by atoms with Gasteiger partial charge in [0.05, 0.1) is 0 Å². The van der Waals surface area contributed by atoms with E-state index in [4.69, 9.17) is 5.73 Å². The summed E-state index contributed by atoms with van der Waals surface area (Å²) in [6.07, 6.45) is 4.51. The Hall–Kier alpha value is -1.29. The van der Waals surface area contributed by atoms with Gasteiger partial charge in [0.15, 0.2) is 11.6 Å². The second kappa shape index (κ2) is 7.93. The van der Waals surface area contributed by atoms with Crippen LogP contribution >= 0.6 is 0 Å². The Balaban J connectivity index is 2.29. The number of carbonyl (C=O) groups is 1. The minimum atomic E-state index is -0.900. The number of carbonyl (C=O) groups excluding carboxylic acids is 1. The number of halogens is 2. The highest BCUT2D eigenvalue weighted by molar-refractivity contribution is 5.80. The van der Waals surface area contributed by atoms with E-state index in [9.17, 15) is 13.6 Å². The molecule has 0 heterocycles. The smallest absolute Gasteiger partial charge is 0.159 e. The zero-order chi connectivity index (χ0) is 13.4. The molecular weight excluding hydrogens is 236 g/mol. The van der Waals surface area contributed by atoms with Crippen molar-refractivity contribution in [2.45, 2.75) is 38.5 Å². The first kappa shape index (κ1) is 14.8. The highest BCUT2D eigenvalue weighted by atomic mass is 19.2. The molecule has 0 unspecified atom stereocenters. The fourth-order valence-corrected chi connectivity index (χ4v) is 1.79. The summed E-state index contributed by atoms with van der Waals surface area (Å²) in [5, 5.41) is 0. The molecule has 2 nitrogen and oxygen atoms in total. The molecule has 1 aromatic rings. The van der Waals surface area contributed by atoms with E-state index in [0.29, 0.717) is 18.5 Å². The number of Topliss-reactive ketones (excluding diaryl/α,β-unsaturated/α-hetero) is 1. The van der Waals surface area contributed by atoms with Crippen LogP contribution in [0.3, 0.4) is 0 Å². The lowest BCUT2D eigenvalue weighted by Gasteiger charge is -2.02. The van der Waals surface area contributed by atoms with E-state index in [-0.39, 0.29) is 12.2 Å². The van der Waals surface area contributed by atoms with Crippen molar-refractivity contribution < 1.29 is 13.6 Å². The average molecular weight is 255 g/mol. The molecule has 4 heteroatoms. The van der Waals surface area contributed by atoms with Gasteiger partial charge in [0, 0.05) is 12.8 Å². The maximum Gasteiger partial charge on any atom is 0.159 e. The van der Waals surface area contributed by atoms with Crippen molar-refractivity contribution in [1.82, 2.24) is 0 Å². The molecule has 100 valence electrons. The van der Waals surface area contributed by atoms with E-state index in [1.165, 1.54) is 6.07 Å². The molecule has 0 fully saturated rings. The van der Waals surface area contributed by atoms with E-state index in [1.807, 2.05) is 0 Å². The van der Waals surface area contributed by atoms with Crippen LogP contribution in [-0.4, -0.2) is 12.3 Å². The number of unbranched alkanes of at least 4 members (excludes halogenated alkanes) is 3. The SMILES string of the molecule is NCCCCCCC(=O)Cc1ccc(F)c(F)c1. The molecule has 0 aliphatic carbocycles. The van der Waals surface area contributed by atoms with Crippen molar-refractivity contribution >= 4 is 5.78 Å². The Bertz CT molecular complexity index is 393. The number of rotatable bonds is 8. The van der Waals surface area contributed by atoms with Gasteiger partial charge < -0.3 is 5.73 Å². The fourth-order valence-electron chi connectivity index (χ4n) is 1.79. The Morgan fingerprint density at radius 1 is 1.06 bits per heavy atom. The molecule has 0 saturated carbocycles. The monoisotopic (exact) mass is 255 g/mol. The quantitative estimate of drug-likeness (QED) is 0.726. The molecule has 0 bridgehead atoms. The van der Waals surface area contributed by atoms with Crippen LogP contribution in [0.15, 0.2) is 18.2 Å². The highest BCUT2D eigenvalue weighted by Crippen LogP contribution is 2.11. The van der Waals surface area contributed by atoms with Crippen molar-refractivity contribution in [2.75, 3.05) is 6.54 Å². The standard InChI is InChI=1S/C14H19F2NO/c15-13-7-6-11(10-14(13)16)9-12(18)5-3-1-2-4-8-17/h6-7,10H,1-5,8-9,17H2. The van der Waals surface area contributed by atoms with Crippen LogP contribution in [0.5, 0.6) is 0 Å². The number of ketones is 1. The number of benzene rings is 1. The first-order valence-electron chi connectivity index (χ1n) is 6.29. The summed E-state index contributed by atoms with van der Waals surface area (Å²) >= 11 is 0. The van der Waals surface area contributed by atoms with E-state index >= 15 is 0 Å². The van der Waals surface area contributed by atoms with Crippen molar-refractivity contribution in [1.29, 1.82) is 0 Å². The third-order valence-electron chi connectivity index (χ3n) is 2.80. The summed E-state index contributed by atoms with van der Waals surface area (Å²) in [4.78, 5) is 11.6. The van der Waals surface area contributed by atoms with Gasteiger partial charge >= 0.3 is 0 Å². The fraction of sp³-hybridized carbons (Fsp3) is 0.500. The zero-order valence-corrected chi connectivity index (χ0v) is 10.4. The largest absolute Gasteiger partial charge is 0.330 e. The van der Waals surface area contributed by atoms with E-state index in [1.54, 1.807) is 0 Å². The normalized spacial score (nSPS) is 10.6. The molecule has 0 aliphatic rings. The number of hydrogen-bond donors (Lipinski definition) is 1. The Labute approximate surface area is 106 Å². The lowest BCUT2D eigenvalue weighted by Crippen LogP contribution is -2.03. The van der Waals surface area contributed by atoms with E-state index in [0.717, 1.165) is 37.8 Å². The predicted molar refractivity (Wildman–Crippen MR) is 67.2 cm³/mol. The lowest BCUT2D eigenvalue weighted by molar-refractivity contribution is -0.118. The van der Waals surface area contributed by atoms with Gasteiger partial charge in [-0.05, 0) is 37.1 Å². The van der Waals surface area contributed by atoms with Crippen molar-refractivity contribution in [2.24, 2.45) is 5.73 Å². The summed E-state index contributed by atoms with van der Waals surface area (Å²) in [6.45, 7) is 0.683. The second-order valence-electron chi connectivity index (χ2n) is 4.42. The summed E-state index contributed by atoms with van der Waals surface area (Å²) in [5.41, 5.74) is 5.89. The van der Waals surface area contributed by atoms with Crippen LogP contribution in [0.25, 0.3) is 0 Å². The maximum atomic E-state index is 12.9. The molecule has 0 amide bonds. The molecule has 1 rings (SSSR count). The van der Waals surface area contributed by atoms with Crippen molar-refractivity contribution in [3.63, 3.8) is 0 Å². The predicted octanol–water partition coefficient (Wildman–Crippen LogP) is 2.99. The van der Waals surface area contributed by atoms with Gasteiger partial charge in [-0.15, -0.1) is 0 Å². The van der Waals surface area contributed by atoms with Crippen LogP contribution in [-0.2, 0) is 11.2 Å². The molecule has 0 aromatic heterocycles. The number of nitrogens with two attached hydrogens (primary N) is 1. The average Bonchev–Trinajstić information content (AvgIpc) is 2.34. The van der Waals surface area contributed by atoms with Gasteiger partial charge in [0.25, 0.3) is 0 Å². The van der Waals surface area contributed by atoms with Gasteiger partial charge in [-0.25, -0.2) is 8.78 Å². The maximum absolute atomic E-state index is 12.9. The Morgan fingerprint density at radius 2 is 1.78 bits per heavy atom. The first-order valence-corrected chi connectivity index (χ1v) is 6.29. The van der Waals surface area contributed by atoms with Gasteiger partial charge in [-0.3, -0.25) is 4.79 Å². The molecule has 18 heavy (non-hydrogen) atoms. The second-order valence-corrected chi connectivity index (χ2v) is 4.42. The molecule has 2 N–H and O–H groups in total. The molecule has 0 radical (unpaired) electrons. The molecule has 0 saturated heterocycles.